The summed E-state index contributed by atoms with van der Waals surface area (Å²) in [6.07, 6.45) is 12.1. The number of aromatic nitrogens is 7. The Labute approximate surface area is 325 Å². The van der Waals surface area contributed by atoms with Crippen LogP contribution >= 0.6 is 0 Å². The Hall–Kier alpha value is -5.85. The summed E-state index contributed by atoms with van der Waals surface area (Å²) in [5.74, 6) is 2.19. The van der Waals surface area contributed by atoms with Crippen LogP contribution < -0.4 is 19.6 Å². The van der Waals surface area contributed by atoms with E-state index in [-0.39, 0.29) is 31.7 Å². The Morgan fingerprint density at radius 3 is 1.70 bits per heavy atom. The molecule has 11 nitrogen and oxygen atoms in total. The van der Waals surface area contributed by atoms with Crippen LogP contribution in [0.4, 0.5) is 43.4 Å². The molecule has 3 aromatic carbocycles. The number of anilines is 6. The third-order valence-corrected chi connectivity index (χ3v) is 8.90. The van der Waals surface area contributed by atoms with E-state index in [1.807, 2.05) is 70.3 Å². The van der Waals surface area contributed by atoms with Crippen molar-refractivity contribution in [3.63, 3.8) is 0 Å². The molecule has 2 aliphatic heterocycles. The molecule has 0 bridgehead atoms. The zero-order valence-corrected chi connectivity index (χ0v) is 31.6. The predicted octanol–water partition coefficient (Wildman–Crippen LogP) is 7.59. The van der Waals surface area contributed by atoms with Gasteiger partial charge in [0.05, 0.1) is 5.69 Å². The van der Waals surface area contributed by atoms with Crippen molar-refractivity contribution < 1.29 is 28.9 Å². The van der Waals surface area contributed by atoms with E-state index in [1.165, 1.54) is 24.3 Å². The van der Waals surface area contributed by atoms with E-state index in [2.05, 4.69) is 59.4 Å². The molecule has 275 valence electrons. The van der Waals surface area contributed by atoms with Crippen molar-refractivity contribution in [2.75, 3.05) is 32.7 Å². The van der Waals surface area contributed by atoms with E-state index in [9.17, 15) is 8.78 Å². The fourth-order valence-corrected chi connectivity index (χ4v) is 6.17. The molecule has 54 heavy (non-hydrogen) atoms. The Morgan fingerprint density at radius 2 is 1.20 bits per heavy atom. The molecule has 7 aromatic rings. The third kappa shape index (κ3) is 7.35. The van der Waals surface area contributed by atoms with Gasteiger partial charge in [0.2, 0.25) is 0 Å². The van der Waals surface area contributed by atoms with E-state index in [4.69, 9.17) is 0 Å². The second kappa shape index (κ2) is 16.0. The van der Waals surface area contributed by atoms with Gasteiger partial charge in [0.25, 0.3) is 0 Å². The van der Waals surface area contributed by atoms with Crippen LogP contribution in [-0.2, 0) is 20.1 Å². The number of nitrogens with zero attached hydrogens (tertiary/aromatic N) is 11. The smallest absolute Gasteiger partial charge is 0.143 e. The van der Waals surface area contributed by atoms with Crippen molar-refractivity contribution in [2.45, 2.75) is 26.7 Å². The normalized spacial score (nSPS) is 13.0. The summed E-state index contributed by atoms with van der Waals surface area (Å²) >= 11 is 0. The number of rotatable bonds is 8. The first-order valence-corrected chi connectivity index (χ1v) is 17.0. The van der Waals surface area contributed by atoms with Crippen LogP contribution in [0.1, 0.15) is 24.2 Å². The first kappa shape index (κ1) is 36.5. The van der Waals surface area contributed by atoms with Gasteiger partial charge in [-0.15, -0.1) is 97.0 Å². The summed E-state index contributed by atoms with van der Waals surface area (Å²) in [5, 5.41) is 0. The second-order valence-electron chi connectivity index (χ2n) is 12.3. The maximum atomic E-state index is 13.4. The quantitative estimate of drug-likeness (QED) is 0.112. The largest absolute Gasteiger partial charge is 0.485 e. The fourth-order valence-electron chi connectivity index (χ4n) is 6.17. The molecular formula is C40H32F2IrN11-5. The van der Waals surface area contributed by atoms with Crippen LogP contribution in [0.25, 0.3) is 16.9 Å². The SMILES string of the molecule is Cc1nc2c(-c3[c-]cccc3)nccn2c1C.Fc1c[c-]c(N2[CH-]N(CCCCN3[CH-]N(c4[c-]cc(F)cc4)c4nccnc43)c3nccnc32)cc1.[Ir]. The fraction of sp³-hybridized carbons (Fsp3) is 0.150. The van der Waals surface area contributed by atoms with Crippen LogP contribution in [0.15, 0.2) is 97.8 Å². The van der Waals surface area contributed by atoms with E-state index in [0.717, 1.165) is 65.9 Å². The van der Waals surface area contributed by atoms with Gasteiger partial charge in [-0.1, -0.05) is 0 Å². The van der Waals surface area contributed by atoms with Crippen molar-refractivity contribution in [1.82, 2.24) is 34.3 Å². The Balaban J connectivity index is 0.000000209. The molecule has 4 aromatic heterocycles. The van der Waals surface area contributed by atoms with Crippen LogP contribution in [-0.4, -0.2) is 47.4 Å². The summed E-state index contributed by atoms with van der Waals surface area (Å²) in [6.45, 7) is 9.36. The molecule has 0 atom stereocenters. The molecule has 1 radical (unpaired) electrons. The summed E-state index contributed by atoms with van der Waals surface area (Å²) in [4.78, 5) is 34.7. The second-order valence-corrected chi connectivity index (χ2v) is 12.3. The minimum absolute atomic E-state index is 0. The molecule has 0 saturated carbocycles. The number of aryl methyl sites for hydroxylation is 2. The van der Waals surface area contributed by atoms with Crippen molar-refractivity contribution in [3.05, 3.63) is 152 Å². The standard InChI is InChI=1S/C26H20F2N8.C14H12N3.Ir/c27-19-3-7-21(8-4-19)35-17-33(23-25(35)31-13-11-29-23)15-1-2-16-34-18-36(22-9-5-20(28)6-10-22)26-24(34)30-12-14-32-26;1-10-11(2)17-9-8-15-13(14(17)16-10)12-6-4-3-5-7-12;/h3-7,9,11-14,17-18H,1-2,15-16H2;3-6,8-9H,1-2H3;/q-4;-1;. The molecule has 14 heteroatoms. The number of fused-ring (bicyclic) bond motifs is 3. The van der Waals surface area contributed by atoms with Crippen molar-refractivity contribution >= 4 is 40.3 Å². The van der Waals surface area contributed by atoms with E-state index in [1.54, 1.807) is 43.1 Å². The molecule has 0 unspecified atom stereocenters. The third-order valence-electron chi connectivity index (χ3n) is 8.90. The summed E-state index contributed by atoms with van der Waals surface area (Å²) in [7, 11) is 0. The summed E-state index contributed by atoms with van der Waals surface area (Å²) < 4.78 is 28.8. The number of unbranched alkanes of at least 4 members (excludes halogenated alkanes) is 1. The number of halogens is 2. The first-order valence-electron chi connectivity index (χ1n) is 17.0. The monoisotopic (exact) mass is 897 g/mol. The van der Waals surface area contributed by atoms with E-state index < -0.39 is 0 Å². The van der Waals surface area contributed by atoms with Gasteiger partial charge in [-0.2, -0.15) is 12.1 Å². The zero-order chi connectivity index (χ0) is 36.3. The summed E-state index contributed by atoms with van der Waals surface area (Å²) in [5.41, 5.74) is 6.33. The minimum Gasteiger partial charge on any atom is -0.485 e. The number of hydrogen-bond donors (Lipinski definition) is 0. The molecule has 0 amide bonds. The van der Waals surface area contributed by atoms with Gasteiger partial charge < -0.3 is 24.0 Å². The van der Waals surface area contributed by atoms with Crippen molar-refractivity contribution in [1.29, 1.82) is 0 Å². The first-order chi connectivity index (χ1) is 25.9. The molecule has 2 aliphatic rings. The number of hydrogen-bond acceptors (Lipinski definition) is 10. The Kier molecular flexibility index (Phi) is 10.8. The average Bonchev–Trinajstić information content (AvgIpc) is 3.85. The predicted molar refractivity (Wildman–Crippen MR) is 198 cm³/mol. The van der Waals surface area contributed by atoms with Crippen LogP contribution in [0.2, 0.25) is 0 Å². The maximum Gasteiger partial charge on any atom is 0.143 e. The molecule has 0 aliphatic carbocycles. The van der Waals surface area contributed by atoms with Gasteiger partial charge in [0, 0.05) is 80.3 Å². The number of imidazole rings is 1. The van der Waals surface area contributed by atoms with Crippen LogP contribution in [0.5, 0.6) is 0 Å². The summed E-state index contributed by atoms with van der Waals surface area (Å²) in [6, 6.07) is 25.7. The van der Waals surface area contributed by atoms with Crippen molar-refractivity contribution in [3.8, 4) is 11.3 Å². The molecule has 0 saturated heterocycles. The van der Waals surface area contributed by atoms with Gasteiger partial charge in [0.15, 0.2) is 0 Å². The van der Waals surface area contributed by atoms with E-state index >= 15 is 0 Å². The molecule has 6 heterocycles. The van der Waals surface area contributed by atoms with Crippen molar-refractivity contribution in [2.24, 2.45) is 0 Å². The average molecular weight is 897 g/mol. The van der Waals surface area contributed by atoms with Gasteiger partial charge in [-0.25, -0.2) is 24.9 Å². The number of benzene rings is 3. The topological polar surface area (TPSA) is 94.7 Å². The van der Waals surface area contributed by atoms with Gasteiger partial charge in [-0.05, 0) is 39.8 Å². The zero-order valence-electron chi connectivity index (χ0n) is 29.2. The maximum absolute atomic E-state index is 13.4. The van der Waals surface area contributed by atoms with Crippen LogP contribution in [0.3, 0.4) is 0 Å². The molecular weight excluding hydrogens is 865 g/mol. The van der Waals surface area contributed by atoms with E-state index in [0.29, 0.717) is 23.0 Å². The molecule has 0 fully saturated rings. The Bertz CT molecular complexity index is 2240. The van der Waals surface area contributed by atoms with Gasteiger partial charge in [-0.3, -0.25) is 13.8 Å². The molecule has 0 N–H and O–H groups in total. The van der Waals surface area contributed by atoms with Gasteiger partial charge in [0.1, 0.15) is 28.9 Å². The molecule has 0 spiro atoms. The molecule has 9 rings (SSSR count). The Morgan fingerprint density at radius 1 is 0.648 bits per heavy atom. The van der Waals surface area contributed by atoms with Gasteiger partial charge >= 0.3 is 0 Å². The van der Waals surface area contributed by atoms with Crippen LogP contribution in [0, 0.1) is 57.0 Å². The minimum atomic E-state index is -0.338.